The number of nitrogens with zero attached hydrogens (tertiary/aromatic N) is 5. The fraction of sp³-hybridized carbons (Fsp3) is 0.450. The van der Waals surface area contributed by atoms with Gasteiger partial charge in [-0.3, -0.25) is 18.8 Å². The Balaban J connectivity index is 1.58. The van der Waals surface area contributed by atoms with E-state index in [9.17, 15) is 9.59 Å². The van der Waals surface area contributed by atoms with Gasteiger partial charge in [-0.25, -0.2) is 9.78 Å². The summed E-state index contributed by atoms with van der Waals surface area (Å²) in [6.45, 7) is 2.30. The zero-order valence-corrected chi connectivity index (χ0v) is 15.7. The molecule has 0 saturated carbocycles. The van der Waals surface area contributed by atoms with Gasteiger partial charge in [0.05, 0.1) is 6.54 Å². The molecule has 27 heavy (non-hydrogen) atoms. The van der Waals surface area contributed by atoms with Crippen LogP contribution in [0.15, 0.2) is 33.9 Å². The second kappa shape index (κ2) is 5.92. The summed E-state index contributed by atoms with van der Waals surface area (Å²) in [5, 5.41) is 0. The van der Waals surface area contributed by atoms with Gasteiger partial charge in [0.25, 0.3) is 5.56 Å². The molecule has 1 aliphatic carbocycles. The van der Waals surface area contributed by atoms with Crippen molar-refractivity contribution in [2.45, 2.75) is 38.4 Å². The molecule has 1 atom stereocenters. The molecule has 0 fully saturated rings. The lowest BCUT2D eigenvalue weighted by molar-refractivity contribution is 0.139. The van der Waals surface area contributed by atoms with E-state index < -0.39 is 0 Å². The van der Waals surface area contributed by atoms with Gasteiger partial charge in [-0.15, -0.1) is 0 Å². The zero-order valence-electron chi connectivity index (χ0n) is 15.7. The third-order valence-corrected chi connectivity index (χ3v) is 6.16. The third kappa shape index (κ3) is 2.34. The zero-order chi connectivity index (χ0) is 18.7. The van der Waals surface area contributed by atoms with Gasteiger partial charge >= 0.3 is 5.69 Å². The fourth-order valence-corrected chi connectivity index (χ4v) is 4.72. The Morgan fingerprint density at radius 2 is 1.89 bits per heavy atom. The molecule has 1 aromatic carbocycles. The van der Waals surface area contributed by atoms with Crippen LogP contribution in [0.25, 0.3) is 11.2 Å². The number of imidazole rings is 1. The molecule has 0 saturated heterocycles. The van der Waals surface area contributed by atoms with Crippen molar-refractivity contribution in [3.05, 3.63) is 62.1 Å². The van der Waals surface area contributed by atoms with E-state index >= 15 is 0 Å². The molecular weight excluding hydrogens is 342 g/mol. The number of hydrogen-bond acceptors (Lipinski definition) is 4. The first-order valence-electron chi connectivity index (χ1n) is 9.53. The van der Waals surface area contributed by atoms with Gasteiger partial charge in [-0.1, -0.05) is 24.3 Å². The lowest BCUT2D eigenvalue weighted by atomic mass is 9.86. The second-order valence-corrected chi connectivity index (χ2v) is 7.63. The highest BCUT2D eigenvalue weighted by atomic mass is 16.2. The summed E-state index contributed by atoms with van der Waals surface area (Å²) < 4.78 is 4.64. The Morgan fingerprint density at radius 3 is 2.74 bits per heavy atom. The van der Waals surface area contributed by atoms with Crippen LogP contribution in [0.1, 0.15) is 35.8 Å². The lowest BCUT2D eigenvalue weighted by Crippen LogP contribution is -2.40. The van der Waals surface area contributed by atoms with Crippen LogP contribution >= 0.6 is 0 Å². The average molecular weight is 365 g/mol. The number of fused-ring (bicyclic) bond motifs is 4. The van der Waals surface area contributed by atoms with Crippen LogP contribution in [-0.2, 0) is 33.6 Å². The van der Waals surface area contributed by atoms with Gasteiger partial charge in [0.2, 0.25) is 0 Å². The summed E-state index contributed by atoms with van der Waals surface area (Å²) in [6, 6.07) is 9.12. The van der Waals surface area contributed by atoms with E-state index in [1.54, 1.807) is 7.05 Å². The van der Waals surface area contributed by atoms with E-state index in [1.165, 1.54) is 33.7 Å². The molecule has 2 aromatic heterocycles. The molecule has 0 unspecified atom stereocenters. The van der Waals surface area contributed by atoms with E-state index in [-0.39, 0.29) is 11.2 Å². The van der Waals surface area contributed by atoms with Gasteiger partial charge in [0.1, 0.15) is 5.82 Å². The van der Waals surface area contributed by atoms with E-state index in [0.717, 1.165) is 31.8 Å². The van der Waals surface area contributed by atoms with E-state index in [0.29, 0.717) is 23.8 Å². The molecule has 2 aliphatic rings. The lowest BCUT2D eigenvalue weighted by Gasteiger charge is -2.38. The van der Waals surface area contributed by atoms with Crippen molar-refractivity contribution in [3.63, 3.8) is 0 Å². The summed E-state index contributed by atoms with van der Waals surface area (Å²) >= 11 is 0. The van der Waals surface area contributed by atoms with Crippen molar-refractivity contribution in [2.24, 2.45) is 14.1 Å². The maximum Gasteiger partial charge on any atom is 0.332 e. The van der Waals surface area contributed by atoms with Crippen molar-refractivity contribution < 1.29 is 0 Å². The SMILES string of the molecule is Cn1c(=O)c2c(nc3n2CCN([C@@H]2CCCc4ccccc42)C3)n(C)c1=O. The molecule has 7 nitrogen and oxygen atoms in total. The molecule has 3 heterocycles. The summed E-state index contributed by atoms with van der Waals surface area (Å²) in [5.41, 5.74) is 3.31. The fourth-order valence-electron chi connectivity index (χ4n) is 4.72. The maximum atomic E-state index is 12.7. The monoisotopic (exact) mass is 365 g/mol. The molecule has 0 amide bonds. The van der Waals surface area contributed by atoms with E-state index in [2.05, 4.69) is 34.1 Å². The van der Waals surface area contributed by atoms with Crippen LogP contribution in [0.5, 0.6) is 0 Å². The predicted molar refractivity (Wildman–Crippen MR) is 103 cm³/mol. The highest BCUT2D eigenvalue weighted by Crippen LogP contribution is 2.36. The van der Waals surface area contributed by atoms with Crippen LogP contribution < -0.4 is 11.2 Å². The second-order valence-electron chi connectivity index (χ2n) is 7.63. The van der Waals surface area contributed by atoms with Gasteiger partial charge in [-0.05, 0) is 30.4 Å². The molecule has 0 radical (unpaired) electrons. The number of benzene rings is 1. The van der Waals surface area contributed by atoms with E-state index in [4.69, 9.17) is 0 Å². The Morgan fingerprint density at radius 1 is 1.07 bits per heavy atom. The molecule has 5 rings (SSSR count). The molecule has 3 aromatic rings. The third-order valence-electron chi connectivity index (χ3n) is 6.16. The molecule has 1 aliphatic heterocycles. The average Bonchev–Trinajstić information content (AvgIpc) is 3.09. The van der Waals surface area contributed by atoms with Crippen molar-refractivity contribution in [1.29, 1.82) is 0 Å². The largest absolute Gasteiger partial charge is 0.332 e. The topological polar surface area (TPSA) is 65.1 Å². The van der Waals surface area contributed by atoms with Gasteiger partial charge < -0.3 is 4.57 Å². The number of hydrogen-bond donors (Lipinski definition) is 0. The highest BCUT2D eigenvalue weighted by molar-refractivity contribution is 5.71. The van der Waals surface area contributed by atoms with Crippen molar-refractivity contribution in [2.75, 3.05) is 6.54 Å². The summed E-state index contributed by atoms with van der Waals surface area (Å²) in [7, 11) is 3.20. The predicted octanol–water partition coefficient (Wildman–Crippen LogP) is 1.33. The molecule has 0 bridgehead atoms. The van der Waals surface area contributed by atoms with Crippen molar-refractivity contribution in [1.82, 2.24) is 23.6 Å². The minimum atomic E-state index is -0.332. The Hall–Kier alpha value is -2.67. The minimum absolute atomic E-state index is 0.261. The highest BCUT2D eigenvalue weighted by Gasteiger charge is 2.31. The van der Waals surface area contributed by atoms with E-state index in [1.807, 2.05) is 4.57 Å². The van der Waals surface area contributed by atoms with Crippen molar-refractivity contribution in [3.8, 4) is 0 Å². The van der Waals surface area contributed by atoms with Crippen LogP contribution in [0, 0.1) is 0 Å². The first-order chi connectivity index (χ1) is 13.1. The Kier molecular flexibility index (Phi) is 3.62. The number of aryl methyl sites for hydroxylation is 2. The Bertz CT molecular complexity index is 1170. The summed E-state index contributed by atoms with van der Waals surface area (Å²) in [5.74, 6) is 0.873. The normalized spacial score (nSPS) is 19.9. The summed E-state index contributed by atoms with van der Waals surface area (Å²) in [6.07, 6.45) is 3.50. The minimum Gasteiger partial charge on any atom is -0.320 e. The molecule has 0 spiro atoms. The van der Waals surface area contributed by atoms with Crippen LogP contribution in [0.2, 0.25) is 0 Å². The molecule has 140 valence electrons. The smallest absolute Gasteiger partial charge is 0.320 e. The molecular formula is C20H23N5O2. The first-order valence-corrected chi connectivity index (χ1v) is 9.53. The van der Waals surface area contributed by atoms with Gasteiger partial charge in [0.15, 0.2) is 11.2 Å². The molecule has 0 N–H and O–H groups in total. The first kappa shape index (κ1) is 16.5. The summed E-state index contributed by atoms with van der Waals surface area (Å²) in [4.78, 5) is 32.0. The number of rotatable bonds is 1. The van der Waals surface area contributed by atoms with Gasteiger partial charge in [0, 0.05) is 33.2 Å². The van der Waals surface area contributed by atoms with Crippen LogP contribution in [-0.4, -0.2) is 30.1 Å². The van der Waals surface area contributed by atoms with Crippen LogP contribution in [0.3, 0.4) is 0 Å². The van der Waals surface area contributed by atoms with Crippen molar-refractivity contribution >= 4 is 11.2 Å². The molecule has 7 heteroatoms. The quantitative estimate of drug-likeness (QED) is 0.653. The maximum absolute atomic E-state index is 12.7. The Labute approximate surface area is 156 Å². The number of aromatic nitrogens is 4. The standard InChI is InChI=1S/C20H23N5O2/c1-22-18-17(19(26)23(2)20(22)27)25-11-10-24(12-16(25)21-18)15-9-5-7-13-6-3-4-8-14(13)15/h3-4,6,8,15H,5,7,9-12H2,1-2H3/t15-/m1/s1. The van der Waals surface area contributed by atoms with Gasteiger partial charge in [-0.2, -0.15) is 0 Å². The van der Waals surface area contributed by atoms with Crippen LogP contribution in [0.4, 0.5) is 0 Å².